The summed E-state index contributed by atoms with van der Waals surface area (Å²) < 4.78 is 5.48. The van der Waals surface area contributed by atoms with Gasteiger partial charge in [0.2, 0.25) is 5.91 Å². The van der Waals surface area contributed by atoms with Crippen molar-refractivity contribution in [3.05, 3.63) is 60.2 Å². The highest BCUT2D eigenvalue weighted by molar-refractivity contribution is 5.95. The minimum Gasteiger partial charge on any atom is -0.425 e. The Balaban J connectivity index is 1.35. The third-order valence-corrected chi connectivity index (χ3v) is 4.83. The van der Waals surface area contributed by atoms with Crippen molar-refractivity contribution in [3.63, 3.8) is 0 Å². The first-order valence-corrected chi connectivity index (χ1v) is 8.89. The number of anilines is 1. The number of amides is 1. The Bertz CT molecular complexity index is 792. The van der Waals surface area contributed by atoms with E-state index in [-0.39, 0.29) is 17.9 Å². The van der Waals surface area contributed by atoms with Gasteiger partial charge in [0.25, 0.3) is 0 Å². The van der Waals surface area contributed by atoms with E-state index in [0.717, 1.165) is 24.2 Å². The van der Waals surface area contributed by atoms with Crippen LogP contribution in [0.1, 0.15) is 30.9 Å². The van der Waals surface area contributed by atoms with E-state index in [1.54, 1.807) is 17.0 Å². The Kier molecular flexibility index (Phi) is 4.69. The second-order valence-corrected chi connectivity index (χ2v) is 6.60. The molecule has 4 rings (SSSR count). The zero-order chi connectivity index (χ0) is 17.9. The predicted octanol–water partition coefficient (Wildman–Crippen LogP) is 2.33. The van der Waals surface area contributed by atoms with E-state index in [1.807, 2.05) is 42.5 Å². The Labute approximate surface area is 152 Å². The lowest BCUT2D eigenvalue weighted by atomic mass is 10.0. The van der Waals surface area contributed by atoms with Crippen LogP contribution >= 0.6 is 0 Å². The Morgan fingerprint density at radius 1 is 1.04 bits per heavy atom. The maximum absolute atomic E-state index is 12.4. The van der Waals surface area contributed by atoms with E-state index in [4.69, 9.17) is 4.74 Å². The number of hydrogen-bond donors (Lipinski definition) is 2. The summed E-state index contributed by atoms with van der Waals surface area (Å²) in [6.07, 6.45) is 2.11. The molecular formula is C20H21N3O3. The van der Waals surface area contributed by atoms with E-state index in [2.05, 4.69) is 10.9 Å². The molecule has 0 spiro atoms. The first-order chi connectivity index (χ1) is 12.7. The molecule has 0 aromatic heterocycles. The number of ether oxygens (including phenoxy) is 1. The van der Waals surface area contributed by atoms with Crippen LogP contribution in [0.25, 0.3) is 0 Å². The van der Waals surface area contributed by atoms with Crippen LogP contribution in [0.2, 0.25) is 0 Å². The second-order valence-electron chi connectivity index (χ2n) is 6.60. The van der Waals surface area contributed by atoms with Crippen molar-refractivity contribution in [3.8, 4) is 5.75 Å². The highest BCUT2D eigenvalue weighted by atomic mass is 16.5. The van der Waals surface area contributed by atoms with Crippen LogP contribution in [-0.2, 0) is 9.59 Å². The normalized spacial score (nSPS) is 22.6. The summed E-state index contributed by atoms with van der Waals surface area (Å²) in [6.45, 7) is 0.747. The fourth-order valence-corrected chi connectivity index (χ4v) is 3.42. The molecule has 134 valence electrons. The monoisotopic (exact) mass is 351 g/mol. The lowest BCUT2D eigenvalue weighted by molar-refractivity contribution is -0.136. The maximum atomic E-state index is 12.4. The number of nitrogens with zero attached hydrogens (tertiary/aromatic N) is 1. The van der Waals surface area contributed by atoms with Crippen LogP contribution in [0, 0.1) is 0 Å². The van der Waals surface area contributed by atoms with Gasteiger partial charge in [0, 0.05) is 24.7 Å². The zero-order valence-corrected chi connectivity index (χ0v) is 14.4. The molecular weight excluding hydrogens is 330 g/mol. The SMILES string of the molecule is O=C(Oc1ccc(N2CCCC2=O)cc1)C1CC(c2ccccc2)NN1. The van der Waals surface area contributed by atoms with Crippen LogP contribution in [-0.4, -0.2) is 24.5 Å². The summed E-state index contributed by atoms with van der Waals surface area (Å²) in [5.41, 5.74) is 8.13. The molecule has 2 fully saturated rings. The zero-order valence-electron chi connectivity index (χ0n) is 14.4. The molecule has 26 heavy (non-hydrogen) atoms. The highest BCUT2D eigenvalue weighted by Crippen LogP contribution is 2.26. The third-order valence-electron chi connectivity index (χ3n) is 4.83. The van der Waals surface area contributed by atoms with E-state index < -0.39 is 6.04 Å². The average Bonchev–Trinajstić information content (AvgIpc) is 3.32. The molecule has 2 heterocycles. The van der Waals surface area contributed by atoms with Crippen molar-refractivity contribution in [2.75, 3.05) is 11.4 Å². The van der Waals surface area contributed by atoms with Gasteiger partial charge in [-0.1, -0.05) is 30.3 Å². The highest BCUT2D eigenvalue weighted by Gasteiger charge is 2.31. The van der Waals surface area contributed by atoms with Gasteiger partial charge in [-0.15, -0.1) is 0 Å². The molecule has 2 aromatic carbocycles. The van der Waals surface area contributed by atoms with Gasteiger partial charge in [-0.2, -0.15) is 0 Å². The first-order valence-electron chi connectivity index (χ1n) is 8.89. The molecule has 1 amide bonds. The second kappa shape index (κ2) is 7.27. The molecule has 0 aliphatic carbocycles. The van der Waals surface area contributed by atoms with Gasteiger partial charge < -0.3 is 9.64 Å². The summed E-state index contributed by atoms with van der Waals surface area (Å²) in [6, 6.07) is 16.8. The molecule has 2 aliphatic heterocycles. The number of benzene rings is 2. The molecule has 0 bridgehead atoms. The molecule has 2 N–H and O–H groups in total. The van der Waals surface area contributed by atoms with Crippen LogP contribution < -0.4 is 20.5 Å². The van der Waals surface area contributed by atoms with Gasteiger partial charge in [0.1, 0.15) is 11.8 Å². The summed E-state index contributed by atoms with van der Waals surface area (Å²) in [5.74, 6) is 0.305. The van der Waals surface area contributed by atoms with Gasteiger partial charge >= 0.3 is 5.97 Å². The van der Waals surface area contributed by atoms with Gasteiger partial charge in [0.15, 0.2) is 0 Å². The standard InChI is InChI=1S/C20H21N3O3/c24-19-7-4-12-23(19)15-8-10-16(11-9-15)26-20(25)18-13-17(21-22-18)14-5-2-1-3-6-14/h1-3,5-6,8-11,17-18,21-22H,4,7,12-13H2. The molecule has 2 aliphatic rings. The molecule has 0 saturated carbocycles. The average molecular weight is 351 g/mol. The van der Waals surface area contributed by atoms with Crippen LogP contribution in [0.15, 0.2) is 54.6 Å². The van der Waals surface area contributed by atoms with Gasteiger partial charge in [0.05, 0.1) is 0 Å². The maximum Gasteiger partial charge on any atom is 0.329 e. The summed E-state index contributed by atoms with van der Waals surface area (Å²) >= 11 is 0. The van der Waals surface area contributed by atoms with E-state index >= 15 is 0 Å². The molecule has 2 saturated heterocycles. The van der Waals surface area contributed by atoms with Crippen molar-refractivity contribution < 1.29 is 14.3 Å². The van der Waals surface area contributed by atoms with Crippen molar-refractivity contribution in [2.45, 2.75) is 31.3 Å². The van der Waals surface area contributed by atoms with Gasteiger partial charge in [-0.05, 0) is 42.7 Å². The molecule has 2 unspecified atom stereocenters. The minimum atomic E-state index is -0.403. The quantitative estimate of drug-likeness (QED) is 0.653. The first kappa shape index (κ1) is 16.8. The van der Waals surface area contributed by atoms with Gasteiger partial charge in [-0.3, -0.25) is 4.79 Å². The summed E-state index contributed by atoms with van der Waals surface area (Å²) in [7, 11) is 0. The lowest BCUT2D eigenvalue weighted by Gasteiger charge is -2.16. The van der Waals surface area contributed by atoms with Crippen molar-refractivity contribution in [1.29, 1.82) is 0 Å². The summed E-state index contributed by atoms with van der Waals surface area (Å²) in [4.78, 5) is 25.9. The van der Waals surface area contributed by atoms with E-state index in [1.165, 1.54) is 0 Å². The molecule has 0 radical (unpaired) electrons. The van der Waals surface area contributed by atoms with Crippen molar-refractivity contribution >= 4 is 17.6 Å². The number of hydrazine groups is 1. The third kappa shape index (κ3) is 3.47. The van der Waals surface area contributed by atoms with E-state index in [9.17, 15) is 9.59 Å². The Morgan fingerprint density at radius 2 is 1.81 bits per heavy atom. The number of hydrogen-bond acceptors (Lipinski definition) is 5. The minimum absolute atomic E-state index is 0.0808. The molecule has 2 aromatic rings. The smallest absolute Gasteiger partial charge is 0.329 e. The van der Waals surface area contributed by atoms with Crippen LogP contribution in [0.5, 0.6) is 5.75 Å². The number of esters is 1. The summed E-state index contributed by atoms with van der Waals surface area (Å²) in [5, 5.41) is 0. The van der Waals surface area contributed by atoms with Crippen LogP contribution in [0.3, 0.4) is 0 Å². The van der Waals surface area contributed by atoms with Crippen molar-refractivity contribution in [1.82, 2.24) is 10.9 Å². The Hall–Kier alpha value is -2.70. The molecule has 6 heteroatoms. The van der Waals surface area contributed by atoms with Crippen LogP contribution in [0.4, 0.5) is 5.69 Å². The lowest BCUT2D eigenvalue weighted by Crippen LogP contribution is -2.38. The van der Waals surface area contributed by atoms with Crippen molar-refractivity contribution in [2.24, 2.45) is 0 Å². The number of carbonyl (C=O) groups is 2. The predicted molar refractivity (Wildman–Crippen MR) is 97.5 cm³/mol. The number of rotatable bonds is 4. The van der Waals surface area contributed by atoms with Gasteiger partial charge in [-0.25, -0.2) is 15.6 Å². The molecule has 2 atom stereocenters. The molecule has 6 nitrogen and oxygen atoms in total. The fraction of sp³-hybridized carbons (Fsp3) is 0.300. The number of carbonyl (C=O) groups excluding carboxylic acids is 2. The Morgan fingerprint density at radius 3 is 2.50 bits per heavy atom. The van der Waals surface area contributed by atoms with E-state index in [0.29, 0.717) is 18.6 Å². The topological polar surface area (TPSA) is 70.7 Å². The fourth-order valence-electron chi connectivity index (χ4n) is 3.42. The largest absolute Gasteiger partial charge is 0.425 e. The number of nitrogens with one attached hydrogen (secondary N) is 2.